The van der Waals surface area contributed by atoms with Crippen LogP contribution in [0.15, 0.2) is 36.7 Å². The molecule has 2 heterocycles. The molecule has 0 saturated heterocycles. The fraction of sp³-hybridized carbons (Fsp3) is 0.176. The van der Waals surface area contributed by atoms with Crippen LogP contribution in [0, 0.1) is 6.92 Å². The van der Waals surface area contributed by atoms with Gasteiger partial charge >= 0.3 is 0 Å². The van der Waals surface area contributed by atoms with Crippen molar-refractivity contribution in [2.45, 2.75) is 6.92 Å². The van der Waals surface area contributed by atoms with Gasteiger partial charge in [0, 0.05) is 23.5 Å². The van der Waals surface area contributed by atoms with Crippen molar-refractivity contribution in [3.63, 3.8) is 0 Å². The topological polar surface area (TPSA) is 52.8 Å². The molecule has 3 rings (SSSR count). The van der Waals surface area contributed by atoms with Crippen molar-refractivity contribution in [1.82, 2.24) is 9.38 Å². The molecular weight excluding hydrogens is 280 g/mol. The summed E-state index contributed by atoms with van der Waals surface area (Å²) >= 11 is 0. The lowest BCUT2D eigenvalue weighted by molar-refractivity contribution is 0.112. The first-order valence-corrected chi connectivity index (χ1v) is 6.83. The number of hydrogen-bond acceptors (Lipinski definition) is 4. The van der Waals surface area contributed by atoms with Crippen molar-refractivity contribution in [3.8, 4) is 22.8 Å². The Hall–Kier alpha value is -2.82. The molecule has 0 unspecified atom stereocenters. The molecule has 1 aromatic carbocycles. The number of benzene rings is 1. The molecule has 5 heteroatoms. The highest BCUT2D eigenvalue weighted by Crippen LogP contribution is 2.33. The average Bonchev–Trinajstić information content (AvgIpc) is 2.98. The zero-order valence-electron chi connectivity index (χ0n) is 12.7. The largest absolute Gasteiger partial charge is 0.497 e. The van der Waals surface area contributed by atoms with E-state index in [-0.39, 0.29) is 0 Å². The van der Waals surface area contributed by atoms with Crippen LogP contribution in [0.25, 0.3) is 16.9 Å². The molecule has 112 valence electrons. The number of aldehydes is 1. The molecule has 3 aromatic rings. The Labute approximate surface area is 128 Å². The van der Waals surface area contributed by atoms with E-state index in [1.54, 1.807) is 20.4 Å². The molecule has 2 aromatic heterocycles. The molecule has 0 aliphatic carbocycles. The molecule has 0 bridgehead atoms. The molecule has 0 N–H and O–H groups in total. The van der Waals surface area contributed by atoms with Gasteiger partial charge in [0.2, 0.25) is 0 Å². The van der Waals surface area contributed by atoms with Gasteiger partial charge in [0.1, 0.15) is 17.1 Å². The second kappa shape index (κ2) is 5.52. The summed E-state index contributed by atoms with van der Waals surface area (Å²) in [5, 5.41) is 0. The molecule has 0 saturated carbocycles. The summed E-state index contributed by atoms with van der Waals surface area (Å²) in [4.78, 5) is 15.6. The molecule has 5 nitrogen and oxygen atoms in total. The molecule has 0 aliphatic rings. The van der Waals surface area contributed by atoms with Gasteiger partial charge < -0.3 is 13.9 Å². The minimum Gasteiger partial charge on any atom is -0.497 e. The van der Waals surface area contributed by atoms with Gasteiger partial charge in [-0.3, -0.25) is 4.79 Å². The molecule has 0 atom stereocenters. The van der Waals surface area contributed by atoms with E-state index in [0.717, 1.165) is 40.3 Å². The number of aromatic nitrogens is 2. The number of imidazole rings is 1. The van der Waals surface area contributed by atoms with Gasteiger partial charge in [0.15, 0.2) is 6.29 Å². The van der Waals surface area contributed by atoms with Gasteiger partial charge in [0.25, 0.3) is 0 Å². The minimum atomic E-state index is 0.617. The fourth-order valence-corrected chi connectivity index (χ4v) is 2.50. The van der Waals surface area contributed by atoms with Crippen molar-refractivity contribution in [2.75, 3.05) is 14.2 Å². The summed E-state index contributed by atoms with van der Waals surface area (Å²) in [5.41, 5.74) is 3.98. The van der Waals surface area contributed by atoms with E-state index in [4.69, 9.17) is 9.47 Å². The summed E-state index contributed by atoms with van der Waals surface area (Å²) in [6.45, 7) is 1.93. The van der Waals surface area contributed by atoms with Gasteiger partial charge in [-0.15, -0.1) is 0 Å². The lowest BCUT2D eigenvalue weighted by atomic mass is 10.1. The Bertz CT molecular complexity index is 852. The smallest absolute Gasteiger partial charge is 0.151 e. The van der Waals surface area contributed by atoms with Gasteiger partial charge in [-0.05, 0) is 36.8 Å². The van der Waals surface area contributed by atoms with Crippen LogP contribution in [0.5, 0.6) is 11.5 Å². The maximum Gasteiger partial charge on any atom is 0.151 e. The first kappa shape index (κ1) is 14.1. The minimum absolute atomic E-state index is 0.617. The van der Waals surface area contributed by atoms with E-state index >= 15 is 0 Å². The zero-order chi connectivity index (χ0) is 15.7. The summed E-state index contributed by atoms with van der Waals surface area (Å²) in [6, 6.07) is 7.40. The van der Waals surface area contributed by atoms with Gasteiger partial charge in [0.05, 0.1) is 19.9 Å². The molecule has 0 aliphatic heterocycles. The van der Waals surface area contributed by atoms with Gasteiger partial charge in [-0.2, -0.15) is 0 Å². The molecular formula is C17H16N2O3. The number of aryl methyl sites for hydroxylation is 1. The first-order valence-electron chi connectivity index (χ1n) is 6.83. The highest BCUT2D eigenvalue weighted by atomic mass is 16.5. The van der Waals surface area contributed by atoms with Crippen LogP contribution in [-0.2, 0) is 0 Å². The van der Waals surface area contributed by atoms with Crippen molar-refractivity contribution < 1.29 is 14.3 Å². The van der Waals surface area contributed by atoms with Crippen LogP contribution in [0.1, 0.15) is 15.9 Å². The third-order valence-corrected chi connectivity index (χ3v) is 3.58. The fourth-order valence-electron chi connectivity index (χ4n) is 2.50. The third kappa shape index (κ3) is 2.30. The second-order valence-corrected chi connectivity index (χ2v) is 5.00. The number of hydrogen-bond donors (Lipinski definition) is 0. The van der Waals surface area contributed by atoms with Gasteiger partial charge in [-0.1, -0.05) is 0 Å². The zero-order valence-corrected chi connectivity index (χ0v) is 12.7. The lowest BCUT2D eigenvalue weighted by Gasteiger charge is -2.08. The Morgan fingerprint density at radius 2 is 1.95 bits per heavy atom. The second-order valence-electron chi connectivity index (χ2n) is 5.00. The Balaban J connectivity index is 2.22. The van der Waals surface area contributed by atoms with E-state index in [2.05, 4.69) is 4.98 Å². The number of carbonyl (C=O) groups is 1. The number of pyridine rings is 1. The normalized spacial score (nSPS) is 10.7. The lowest BCUT2D eigenvalue weighted by Crippen LogP contribution is -1.91. The summed E-state index contributed by atoms with van der Waals surface area (Å²) in [5.74, 6) is 1.45. The van der Waals surface area contributed by atoms with E-state index in [1.807, 2.05) is 41.8 Å². The Kier molecular flexibility index (Phi) is 3.55. The van der Waals surface area contributed by atoms with E-state index in [0.29, 0.717) is 5.56 Å². The predicted octanol–water partition coefficient (Wildman–Crippen LogP) is 3.14. The Morgan fingerprint density at radius 3 is 2.64 bits per heavy atom. The summed E-state index contributed by atoms with van der Waals surface area (Å²) in [6.07, 6.45) is 4.48. The number of carbonyl (C=O) groups excluding carboxylic acids is 1. The van der Waals surface area contributed by atoms with Crippen LogP contribution < -0.4 is 9.47 Å². The monoisotopic (exact) mass is 296 g/mol. The number of ether oxygens (including phenoxy) is 2. The van der Waals surface area contributed by atoms with E-state index < -0.39 is 0 Å². The molecule has 0 spiro atoms. The van der Waals surface area contributed by atoms with E-state index in [1.165, 1.54) is 0 Å². The van der Waals surface area contributed by atoms with Crippen LogP contribution >= 0.6 is 0 Å². The summed E-state index contributed by atoms with van der Waals surface area (Å²) < 4.78 is 12.5. The number of fused-ring (bicyclic) bond motifs is 1. The maximum atomic E-state index is 11.0. The highest BCUT2D eigenvalue weighted by molar-refractivity contribution is 5.77. The van der Waals surface area contributed by atoms with Crippen LogP contribution in [0.4, 0.5) is 0 Å². The molecule has 22 heavy (non-hydrogen) atoms. The molecule has 0 radical (unpaired) electrons. The SMILES string of the molecule is COc1ccc(OC)c(-c2cn3cc(C=O)cc(C)c3n2)c1. The van der Waals surface area contributed by atoms with Crippen molar-refractivity contribution in [2.24, 2.45) is 0 Å². The highest BCUT2D eigenvalue weighted by Gasteiger charge is 2.13. The maximum absolute atomic E-state index is 11.0. The number of rotatable bonds is 4. The van der Waals surface area contributed by atoms with E-state index in [9.17, 15) is 4.79 Å². The third-order valence-electron chi connectivity index (χ3n) is 3.58. The molecule has 0 amide bonds. The average molecular weight is 296 g/mol. The number of methoxy groups -OCH3 is 2. The molecule has 0 fully saturated rings. The van der Waals surface area contributed by atoms with Crippen LogP contribution in [0.2, 0.25) is 0 Å². The number of nitrogens with zero attached hydrogens (tertiary/aromatic N) is 2. The predicted molar refractivity (Wildman–Crippen MR) is 83.9 cm³/mol. The van der Waals surface area contributed by atoms with Crippen LogP contribution in [0.3, 0.4) is 0 Å². The van der Waals surface area contributed by atoms with Crippen molar-refractivity contribution in [3.05, 3.63) is 47.8 Å². The Morgan fingerprint density at radius 1 is 1.14 bits per heavy atom. The first-order chi connectivity index (χ1) is 10.7. The van der Waals surface area contributed by atoms with Crippen molar-refractivity contribution >= 4 is 11.9 Å². The van der Waals surface area contributed by atoms with Gasteiger partial charge in [-0.25, -0.2) is 4.98 Å². The van der Waals surface area contributed by atoms with Crippen LogP contribution in [-0.4, -0.2) is 29.9 Å². The standard InChI is InChI=1S/C17H16N2O3/c1-11-6-12(10-20)8-19-9-15(18-17(11)19)14-7-13(21-2)4-5-16(14)22-3/h4-10H,1-3H3. The van der Waals surface area contributed by atoms with Crippen molar-refractivity contribution in [1.29, 1.82) is 0 Å². The quantitative estimate of drug-likeness (QED) is 0.694. The summed E-state index contributed by atoms with van der Waals surface area (Å²) in [7, 11) is 3.24.